The molecule has 1 unspecified atom stereocenters. The predicted molar refractivity (Wildman–Crippen MR) is 112 cm³/mol. The Labute approximate surface area is 165 Å². The molecule has 5 nitrogen and oxygen atoms in total. The van der Waals surface area contributed by atoms with Crippen molar-refractivity contribution in [2.24, 2.45) is 16.8 Å². The zero-order valence-corrected chi connectivity index (χ0v) is 18.0. The van der Waals surface area contributed by atoms with Gasteiger partial charge < -0.3 is 20.2 Å². The molecule has 0 aliphatic carbocycles. The molecule has 2 aliphatic rings. The average Bonchev–Trinajstić information content (AvgIpc) is 2.52. The van der Waals surface area contributed by atoms with Gasteiger partial charge in [-0.25, -0.2) is 0 Å². The van der Waals surface area contributed by atoms with E-state index in [2.05, 4.69) is 35.9 Å². The first-order chi connectivity index (χ1) is 11.1. The molecule has 142 valence electrons. The van der Waals surface area contributed by atoms with Crippen LogP contribution in [0.15, 0.2) is 4.99 Å². The maximum atomic E-state index is 9.68. The molecule has 0 bridgehead atoms. The fourth-order valence-electron chi connectivity index (χ4n) is 3.70. The van der Waals surface area contributed by atoms with E-state index in [-0.39, 0.29) is 30.1 Å². The van der Waals surface area contributed by atoms with Crippen molar-refractivity contribution >= 4 is 29.9 Å². The molecule has 2 rings (SSSR count). The van der Waals surface area contributed by atoms with Gasteiger partial charge in [0, 0.05) is 39.3 Å². The first-order valence-corrected chi connectivity index (χ1v) is 9.52. The monoisotopic (exact) mass is 452 g/mol. The van der Waals surface area contributed by atoms with Crippen LogP contribution in [-0.4, -0.2) is 72.8 Å². The van der Waals surface area contributed by atoms with Crippen LogP contribution in [0.5, 0.6) is 0 Å². The Balaban J connectivity index is 0.00000288. The van der Waals surface area contributed by atoms with E-state index in [9.17, 15) is 5.11 Å². The van der Waals surface area contributed by atoms with Crippen molar-refractivity contribution in [3.8, 4) is 0 Å². The molecule has 0 radical (unpaired) electrons. The zero-order chi connectivity index (χ0) is 16.7. The normalized spacial score (nSPS) is 24.1. The first kappa shape index (κ1) is 22.0. The number of hydrogen-bond acceptors (Lipinski definition) is 3. The Morgan fingerprint density at radius 2 is 1.92 bits per heavy atom. The Hall–Kier alpha value is -0.0800. The predicted octanol–water partition coefficient (Wildman–Crippen LogP) is 2.39. The van der Waals surface area contributed by atoms with Crippen molar-refractivity contribution in [3.05, 3.63) is 0 Å². The van der Waals surface area contributed by atoms with Gasteiger partial charge >= 0.3 is 0 Å². The first-order valence-electron chi connectivity index (χ1n) is 9.52. The van der Waals surface area contributed by atoms with Gasteiger partial charge in [0.1, 0.15) is 0 Å². The molecular formula is C18H37IN4O. The van der Waals surface area contributed by atoms with Gasteiger partial charge in [-0.2, -0.15) is 0 Å². The van der Waals surface area contributed by atoms with Crippen LogP contribution in [0.2, 0.25) is 0 Å². The highest BCUT2D eigenvalue weighted by atomic mass is 127. The summed E-state index contributed by atoms with van der Waals surface area (Å²) in [7, 11) is 0. The number of hydrogen-bond donors (Lipinski definition) is 2. The lowest BCUT2D eigenvalue weighted by Gasteiger charge is -2.34. The lowest BCUT2D eigenvalue weighted by Crippen LogP contribution is -2.47. The van der Waals surface area contributed by atoms with Crippen molar-refractivity contribution in [2.75, 3.05) is 45.8 Å². The van der Waals surface area contributed by atoms with E-state index in [0.717, 1.165) is 50.9 Å². The Bertz CT molecular complexity index is 370. The summed E-state index contributed by atoms with van der Waals surface area (Å²) in [4.78, 5) is 9.84. The van der Waals surface area contributed by atoms with Crippen LogP contribution in [0.25, 0.3) is 0 Å². The van der Waals surface area contributed by atoms with Gasteiger partial charge in [0.25, 0.3) is 0 Å². The molecule has 0 aromatic heterocycles. The van der Waals surface area contributed by atoms with E-state index in [1.165, 1.54) is 32.5 Å². The van der Waals surface area contributed by atoms with Crippen LogP contribution in [0.4, 0.5) is 0 Å². The van der Waals surface area contributed by atoms with Crippen LogP contribution < -0.4 is 5.32 Å². The molecule has 0 amide bonds. The lowest BCUT2D eigenvalue weighted by molar-refractivity contribution is 0.107. The fourth-order valence-corrected chi connectivity index (χ4v) is 3.70. The molecule has 2 N–H and O–H groups in total. The van der Waals surface area contributed by atoms with Crippen molar-refractivity contribution in [3.63, 3.8) is 0 Å². The lowest BCUT2D eigenvalue weighted by atomic mass is 9.97. The van der Waals surface area contributed by atoms with Gasteiger partial charge in [-0.15, -0.1) is 24.0 Å². The Kier molecular flexibility index (Phi) is 10.5. The molecule has 0 aromatic carbocycles. The van der Waals surface area contributed by atoms with Gasteiger partial charge in [0.15, 0.2) is 5.96 Å². The molecule has 6 heteroatoms. The molecule has 24 heavy (non-hydrogen) atoms. The molecule has 2 heterocycles. The standard InChI is InChI=1S/C18H36N4O.HI/c1-4-19-18(22-10-7-17(23)8-11-22)20-12-16-6-5-9-21(14-16)13-15(2)3;/h15-17,23H,4-14H2,1-3H3,(H,19,20);1H. The Morgan fingerprint density at radius 1 is 1.21 bits per heavy atom. The second-order valence-electron chi connectivity index (χ2n) is 7.57. The van der Waals surface area contributed by atoms with Gasteiger partial charge in [-0.05, 0) is 51.0 Å². The number of aliphatic hydroxyl groups is 1. The summed E-state index contributed by atoms with van der Waals surface area (Å²) in [5.41, 5.74) is 0. The van der Waals surface area contributed by atoms with Crippen molar-refractivity contribution < 1.29 is 5.11 Å². The molecule has 1 atom stereocenters. The van der Waals surface area contributed by atoms with Gasteiger partial charge in [-0.3, -0.25) is 4.99 Å². The van der Waals surface area contributed by atoms with Gasteiger partial charge in [0.2, 0.25) is 0 Å². The van der Waals surface area contributed by atoms with E-state index < -0.39 is 0 Å². The average molecular weight is 452 g/mol. The number of nitrogens with zero attached hydrogens (tertiary/aromatic N) is 3. The maximum absolute atomic E-state index is 9.68. The van der Waals surface area contributed by atoms with E-state index in [0.29, 0.717) is 5.92 Å². The molecular weight excluding hydrogens is 415 g/mol. The van der Waals surface area contributed by atoms with E-state index >= 15 is 0 Å². The second kappa shape index (κ2) is 11.5. The topological polar surface area (TPSA) is 51.1 Å². The summed E-state index contributed by atoms with van der Waals surface area (Å²) in [5.74, 6) is 2.47. The highest BCUT2D eigenvalue weighted by Gasteiger charge is 2.22. The third-order valence-electron chi connectivity index (χ3n) is 4.82. The summed E-state index contributed by atoms with van der Waals surface area (Å²) >= 11 is 0. The number of rotatable bonds is 5. The zero-order valence-electron chi connectivity index (χ0n) is 15.7. The highest BCUT2D eigenvalue weighted by Crippen LogP contribution is 2.18. The minimum atomic E-state index is -0.128. The number of likely N-dealkylation sites (tertiary alicyclic amines) is 2. The molecule has 0 saturated carbocycles. The SMILES string of the molecule is CCNC(=NCC1CCCN(CC(C)C)C1)N1CCC(O)CC1.I. The largest absolute Gasteiger partial charge is 0.393 e. The van der Waals surface area contributed by atoms with Crippen molar-refractivity contribution in [1.82, 2.24) is 15.1 Å². The molecule has 2 fully saturated rings. The van der Waals surface area contributed by atoms with E-state index in [1.54, 1.807) is 0 Å². The van der Waals surface area contributed by atoms with Crippen LogP contribution in [0.3, 0.4) is 0 Å². The van der Waals surface area contributed by atoms with Gasteiger partial charge in [0.05, 0.1) is 6.10 Å². The third kappa shape index (κ3) is 7.44. The highest BCUT2D eigenvalue weighted by molar-refractivity contribution is 14.0. The second-order valence-corrected chi connectivity index (χ2v) is 7.57. The summed E-state index contributed by atoms with van der Waals surface area (Å²) in [6.45, 7) is 14.0. The fraction of sp³-hybridized carbons (Fsp3) is 0.944. The maximum Gasteiger partial charge on any atom is 0.193 e. The van der Waals surface area contributed by atoms with E-state index in [1.807, 2.05) is 0 Å². The van der Waals surface area contributed by atoms with Crippen molar-refractivity contribution in [1.29, 1.82) is 0 Å². The molecule has 2 aliphatic heterocycles. The molecule has 0 spiro atoms. The van der Waals surface area contributed by atoms with Crippen LogP contribution in [0, 0.1) is 11.8 Å². The molecule has 0 aromatic rings. The summed E-state index contributed by atoms with van der Waals surface area (Å²) < 4.78 is 0. The Morgan fingerprint density at radius 3 is 2.54 bits per heavy atom. The van der Waals surface area contributed by atoms with Crippen LogP contribution >= 0.6 is 24.0 Å². The number of aliphatic imine (C=N–C) groups is 1. The van der Waals surface area contributed by atoms with Gasteiger partial charge in [-0.1, -0.05) is 13.8 Å². The quantitative estimate of drug-likeness (QED) is 0.382. The minimum Gasteiger partial charge on any atom is -0.393 e. The smallest absolute Gasteiger partial charge is 0.193 e. The third-order valence-corrected chi connectivity index (χ3v) is 4.82. The van der Waals surface area contributed by atoms with Crippen molar-refractivity contribution in [2.45, 2.75) is 52.6 Å². The minimum absolute atomic E-state index is 0. The molecule has 2 saturated heterocycles. The van der Waals surface area contributed by atoms with E-state index in [4.69, 9.17) is 4.99 Å². The number of aliphatic hydroxyl groups excluding tert-OH is 1. The van der Waals surface area contributed by atoms with Crippen LogP contribution in [-0.2, 0) is 0 Å². The number of nitrogens with one attached hydrogen (secondary N) is 1. The summed E-state index contributed by atoms with van der Waals surface area (Å²) in [5, 5.41) is 13.1. The summed E-state index contributed by atoms with van der Waals surface area (Å²) in [6, 6.07) is 0. The number of piperidine rings is 2. The number of halogens is 1. The summed E-state index contributed by atoms with van der Waals surface area (Å²) in [6.07, 6.45) is 4.19. The van der Waals surface area contributed by atoms with Crippen LogP contribution in [0.1, 0.15) is 46.5 Å². The number of guanidine groups is 1.